The summed E-state index contributed by atoms with van der Waals surface area (Å²) in [6, 6.07) is 7.72. The fourth-order valence-electron chi connectivity index (χ4n) is 4.25. The largest absolute Gasteiger partial charge is 0.336 e. The Morgan fingerprint density at radius 2 is 2.04 bits per heavy atom. The SMILES string of the molecule is CSc1ccccc1NC(=O)CN(C)C(=O)C[C@@H]1C[C@H]2CC[C@@H]1C2. The third-order valence-corrected chi connectivity index (χ3v) is 6.30. The molecule has 0 aromatic heterocycles. The Kier molecular flexibility index (Phi) is 5.49. The maximum atomic E-state index is 12.4. The van der Waals surface area contributed by atoms with Gasteiger partial charge in [0.1, 0.15) is 0 Å². The van der Waals surface area contributed by atoms with Gasteiger partial charge < -0.3 is 10.2 Å². The minimum Gasteiger partial charge on any atom is -0.336 e. The van der Waals surface area contributed by atoms with E-state index in [1.807, 2.05) is 30.5 Å². The first-order valence-electron chi connectivity index (χ1n) is 8.73. The molecule has 2 bridgehead atoms. The molecule has 0 spiro atoms. The summed E-state index contributed by atoms with van der Waals surface area (Å²) in [5.41, 5.74) is 0.809. The molecule has 5 heteroatoms. The molecular formula is C19H26N2O2S. The third kappa shape index (κ3) is 3.94. The van der Waals surface area contributed by atoms with Gasteiger partial charge in [0.05, 0.1) is 12.2 Å². The summed E-state index contributed by atoms with van der Waals surface area (Å²) in [4.78, 5) is 27.3. The second-order valence-corrected chi connectivity index (χ2v) is 7.99. The van der Waals surface area contributed by atoms with E-state index >= 15 is 0 Å². The summed E-state index contributed by atoms with van der Waals surface area (Å²) >= 11 is 1.60. The molecular weight excluding hydrogens is 320 g/mol. The molecule has 0 unspecified atom stereocenters. The van der Waals surface area contributed by atoms with E-state index in [9.17, 15) is 9.59 Å². The molecule has 2 aliphatic rings. The molecule has 3 rings (SSSR count). The molecule has 3 atom stereocenters. The van der Waals surface area contributed by atoms with Crippen molar-refractivity contribution in [2.75, 3.05) is 25.2 Å². The summed E-state index contributed by atoms with van der Waals surface area (Å²) in [5.74, 6) is 2.10. The second kappa shape index (κ2) is 7.60. The number of benzene rings is 1. The van der Waals surface area contributed by atoms with Crippen molar-refractivity contribution in [3.05, 3.63) is 24.3 Å². The van der Waals surface area contributed by atoms with E-state index in [1.54, 1.807) is 23.7 Å². The molecule has 0 saturated heterocycles. The number of carbonyl (C=O) groups is 2. The highest BCUT2D eigenvalue weighted by molar-refractivity contribution is 7.98. The van der Waals surface area contributed by atoms with E-state index in [1.165, 1.54) is 25.7 Å². The van der Waals surface area contributed by atoms with Gasteiger partial charge in [0.25, 0.3) is 0 Å². The fraction of sp³-hybridized carbons (Fsp3) is 0.579. The van der Waals surface area contributed by atoms with E-state index < -0.39 is 0 Å². The standard InChI is InChI=1S/C19H26N2O2S/c1-21(19(23)11-15-10-13-7-8-14(15)9-13)12-18(22)20-16-5-3-4-6-17(16)24-2/h3-6,13-15H,7-12H2,1-2H3,(H,20,22)/t13-,14+,15-/m0/s1. The zero-order valence-corrected chi connectivity index (χ0v) is 15.3. The molecule has 1 N–H and O–H groups in total. The monoisotopic (exact) mass is 346 g/mol. The number of nitrogens with zero attached hydrogens (tertiary/aromatic N) is 1. The highest BCUT2D eigenvalue weighted by atomic mass is 32.2. The van der Waals surface area contributed by atoms with Crippen LogP contribution in [0, 0.1) is 17.8 Å². The van der Waals surface area contributed by atoms with Crippen LogP contribution in [-0.4, -0.2) is 36.6 Å². The summed E-state index contributed by atoms with van der Waals surface area (Å²) in [5, 5.41) is 2.91. The number of para-hydroxylation sites is 1. The van der Waals surface area contributed by atoms with Gasteiger partial charge in [-0.25, -0.2) is 0 Å². The number of carbonyl (C=O) groups excluding carboxylic acids is 2. The van der Waals surface area contributed by atoms with Crippen LogP contribution in [0.5, 0.6) is 0 Å². The first-order chi connectivity index (χ1) is 11.6. The lowest BCUT2D eigenvalue weighted by atomic mass is 9.86. The molecule has 0 radical (unpaired) electrons. The van der Waals surface area contributed by atoms with Gasteiger partial charge in [0.2, 0.25) is 11.8 Å². The topological polar surface area (TPSA) is 49.4 Å². The predicted molar refractivity (Wildman–Crippen MR) is 98.0 cm³/mol. The van der Waals surface area contributed by atoms with Crippen molar-refractivity contribution >= 4 is 29.3 Å². The number of fused-ring (bicyclic) bond motifs is 2. The Bertz CT molecular complexity index is 619. The zero-order valence-electron chi connectivity index (χ0n) is 14.5. The Morgan fingerprint density at radius 3 is 2.71 bits per heavy atom. The number of amides is 2. The molecule has 4 nitrogen and oxygen atoms in total. The molecule has 1 aromatic rings. The van der Waals surface area contributed by atoms with Gasteiger partial charge in [0, 0.05) is 18.4 Å². The molecule has 1 aromatic carbocycles. The number of hydrogen-bond donors (Lipinski definition) is 1. The van der Waals surface area contributed by atoms with Crippen LogP contribution in [0.4, 0.5) is 5.69 Å². The van der Waals surface area contributed by atoms with E-state index in [0.29, 0.717) is 12.3 Å². The predicted octanol–water partition coefficient (Wildman–Crippen LogP) is 3.63. The first kappa shape index (κ1) is 17.3. The van der Waals surface area contributed by atoms with Crippen LogP contribution in [0.2, 0.25) is 0 Å². The number of thioether (sulfide) groups is 1. The summed E-state index contributed by atoms with van der Waals surface area (Å²) in [6.45, 7) is 0.113. The van der Waals surface area contributed by atoms with Crippen molar-refractivity contribution in [1.82, 2.24) is 4.90 Å². The van der Waals surface area contributed by atoms with Crippen molar-refractivity contribution in [1.29, 1.82) is 0 Å². The van der Waals surface area contributed by atoms with Gasteiger partial charge in [-0.1, -0.05) is 18.6 Å². The Morgan fingerprint density at radius 1 is 1.25 bits per heavy atom. The first-order valence-corrected chi connectivity index (χ1v) is 9.96. The fourth-order valence-corrected chi connectivity index (χ4v) is 4.80. The number of hydrogen-bond acceptors (Lipinski definition) is 3. The van der Waals surface area contributed by atoms with Crippen molar-refractivity contribution in [2.45, 2.75) is 37.0 Å². The third-order valence-electron chi connectivity index (χ3n) is 5.51. The lowest BCUT2D eigenvalue weighted by Crippen LogP contribution is -2.36. The molecule has 2 fully saturated rings. The molecule has 2 saturated carbocycles. The van der Waals surface area contributed by atoms with E-state index in [2.05, 4.69) is 5.32 Å². The zero-order chi connectivity index (χ0) is 17.1. The molecule has 130 valence electrons. The molecule has 2 amide bonds. The Hall–Kier alpha value is -1.49. The minimum absolute atomic E-state index is 0.0980. The van der Waals surface area contributed by atoms with Gasteiger partial charge in [-0.2, -0.15) is 0 Å². The van der Waals surface area contributed by atoms with Crippen molar-refractivity contribution in [3.63, 3.8) is 0 Å². The van der Waals surface area contributed by atoms with Crippen LogP contribution in [0.25, 0.3) is 0 Å². The molecule has 0 aliphatic heterocycles. The lowest BCUT2D eigenvalue weighted by molar-refractivity contribution is -0.134. The Balaban J connectivity index is 1.49. The lowest BCUT2D eigenvalue weighted by Gasteiger charge is -2.24. The highest BCUT2D eigenvalue weighted by Gasteiger charge is 2.40. The second-order valence-electron chi connectivity index (χ2n) is 7.14. The number of anilines is 1. The highest BCUT2D eigenvalue weighted by Crippen LogP contribution is 2.49. The van der Waals surface area contributed by atoms with Gasteiger partial charge in [0.15, 0.2) is 0 Å². The average Bonchev–Trinajstić information content (AvgIpc) is 3.18. The number of likely N-dealkylation sites (N-methyl/N-ethyl adjacent to an activating group) is 1. The van der Waals surface area contributed by atoms with Crippen molar-refractivity contribution < 1.29 is 9.59 Å². The number of rotatable bonds is 6. The molecule has 2 aliphatic carbocycles. The van der Waals surface area contributed by atoms with Gasteiger partial charge >= 0.3 is 0 Å². The maximum Gasteiger partial charge on any atom is 0.244 e. The molecule has 0 heterocycles. The smallest absolute Gasteiger partial charge is 0.244 e. The van der Waals surface area contributed by atoms with E-state index in [4.69, 9.17) is 0 Å². The van der Waals surface area contributed by atoms with Crippen molar-refractivity contribution in [3.8, 4) is 0 Å². The quantitative estimate of drug-likeness (QED) is 0.800. The maximum absolute atomic E-state index is 12.4. The van der Waals surface area contributed by atoms with Crippen LogP contribution in [0.3, 0.4) is 0 Å². The van der Waals surface area contributed by atoms with Crippen LogP contribution in [0.1, 0.15) is 32.1 Å². The van der Waals surface area contributed by atoms with E-state index in [-0.39, 0.29) is 18.4 Å². The number of nitrogens with one attached hydrogen (secondary N) is 1. The summed E-state index contributed by atoms with van der Waals surface area (Å²) in [6.07, 6.45) is 7.74. The van der Waals surface area contributed by atoms with Gasteiger partial charge in [-0.15, -0.1) is 11.8 Å². The van der Waals surface area contributed by atoms with Gasteiger partial charge in [-0.3, -0.25) is 9.59 Å². The van der Waals surface area contributed by atoms with E-state index in [0.717, 1.165) is 22.4 Å². The van der Waals surface area contributed by atoms with Crippen LogP contribution in [-0.2, 0) is 9.59 Å². The van der Waals surface area contributed by atoms with Crippen LogP contribution >= 0.6 is 11.8 Å². The molecule has 24 heavy (non-hydrogen) atoms. The summed E-state index contributed by atoms with van der Waals surface area (Å²) < 4.78 is 0. The van der Waals surface area contributed by atoms with Crippen molar-refractivity contribution in [2.24, 2.45) is 17.8 Å². The van der Waals surface area contributed by atoms with Crippen LogP contribution in [0.15, 0.2) is 29.2 Å². The van der Waals surface area contributed by atoms with Crippen LogP contribution < -0.4 is 5.32 Å². The minimum atomic E-state index is -0.139. The summed E-state index contributed by atoms with van der Waals surface area (Å²) in [7, 11) is 1.73. The average molecular weight is 346 g/mol. The Labute approximate surface area is 148 Å². The normalized spacial score (nSPS) is 24.8. The van der Waals surface area contributed by atoms with Gasteiger partial charge in [-0.05, 0) is 55.4 Å².